The Morgan fingerprint density at radius 1 is 1.14 bits per heavy atom. The van der Waals surface area contributed by atoms with Gasteiger partial charge in [0.1, 0.15) is 23.9 Å². The Kier molecular flexibility index (Phi) is 6.04. The standard InChI is InChI=1S/C24H20F2N6O3S/c1-2-8-36(34,35)31-19-5-4-18(25)20(21(19)26)22(33)17-13-28-23-16(17)9-14(10-27-23)15-11-29-24(30-12-15)32-6-3-7-32/h4-6,9-13,31H,2-3,7-8H2,1H3/p+1. The van der Waals surface area contributed by atoms with Gasteiger partial charge in [0.2, 0.25) is 15.8 Å². The van der Waals surface area contributed by atoms with Gasteiger partial charge in [-0.3, -0.25) is 9.52 Å². The molecule has 3 aromatic heterocycles. The van der Waals surface area contributed by atoms with Crippen LogP contribution in [-0.4, -0.2) is 57.2 Å². The van der Waals surface area contributed by atoms with E-state index in [1.807, 2.05) is 10.8 Å². The van der Waals surface area contributed by atoms with Crippen LogP contribution in [0.25, 0.3) is 22.2 Å². The van der Waals surface area contributed by atoms with Gasteiger partial charge < -0.3 is 4.98 Å². The van der Waals surface area contributed by atoms with Crippen molar-refractivity contribution < 1.29 is 26.6 Å². The molecule has 0 bridgehead atoms. The van der Waals surface area contributed by atoms with Crippen LogP contribution in [0.3, 0.4) is 0 Å². The number of nitrogens with zero attached hydrogens (tertiary/aromatic N) is 4. The summed E-state index contributed by atoms with van der Waals surface area (Å²) in [6, 6.07) is 3.46. The largest absolute Gasteiger partial charge is 0.432 e. The summed E-state index contributed by atoms with van der Waals surface area (Å²) >= 11 is 0. The molecule has 0 atom stereocenters. The summed E-state index contributed by atoms with van der Waals surface area (Å²) in [5, 5.41) is 0.341. The number of ketones is 1. The molecule has 0 amide bonds. The molecule has 0 saturated carbocycles. The third-order valence-corrected chi connectivity index (χ3v) is 7.26. The molecule has 0 saturated heterocycles. The van der Waals surface area contributed by atoms with Crippen LogP contribution in [0, 0.1) is 11.6 Å². The second-order valence-electron chi connectivity index (χ2n) is 8.29. The number of H-pyrrole nitrogens is 1. The van der Waals surface area contributed by atoms with Crippen LogP contribution in [0.2, 0.25) is 0 Å². The molecule has 0 unspecified atom stereocenters. The van der Waals surface area contributed by atoms with Crippen molar-refractivity contribution in [2.24, 2.45) is 0 Å². The van der Waals surface area contributed by atoms with E-state index in [1.54, 1.807) is 31.6 Å². The predicted molar refractivity (Wildman–Crippen MR) is 130 cm³/mol. The molecular formula is C24H21F2N6O3S+. The first kappa shape index (κ1) is 23.7. The summed E-state index contributed by atoms with van der Waals surface area (Å²) in [7, 11) is -3.85. The van der Waals surface area contributed by atoms with Gasteiger partial charge in [-0.15, -0.1) is 0 Å². The van der Waals surface area contributed by atoms with Crippen LogP contribution in [0.1, 0.15) is 35.7 Å². The monoisotopic (exact) mass is 511 g/mol. The molecule has 9 nitrogen and oxygen atoms in total. The lowest BCUT2D eigenvalue weighted by atomic mass is 10.0. The molecule has 1 aromatic carbocycles. The van der Waals surface area contributed by atoms with Gasteiger partial charge in [-0.2, -0.15) is 0 Å². The van der Waals surface area contributed by atoms with E-state index in [9.17, 15) is 17.6 Å². The van der Waals surface area contributed by atoms with Gasteiger partial charge >= 0.3 is 5.95 Å². The molecule has 4 aromatic rings. The fourth-order valence-corrected chi connectivity index (χ4v) is 5.00. The highest BCUT2D eigenvalue weighted by Gasteiger charge is 2.26. The summed E-state index contributed by atoms with van der Waals surface area (Å²) in [4.78, 5) is 29.1. The fraction of sp³-hybridized carbons (Fsp3) is 0.208. The second-order valence-corrected chi connectivity index (χ2v) is 10.1. The minimum atomic E-state index is -3.85. The van der Waals surface area contributed by atoms with Gasteiger partial charge in [-0.25, -0.2) is 26.8 Å². The number of halogens is 2. The van der Waals surface area contributed by atoms with E-state index < -0.39 is 38.7 Å². The molecule has 2 N–H and O–H groups in total. The van der Waals surface area contributed by atoms with E-state index in [0.29, 0.717) is 34.5 Å². The highest BCUT2D eigenvalue weighted by molar-refractivity contribution is 7.92. The molecule has 0 fully saturated rings. The number of pyridine rings is 1. The normalized spacial score (nSPS) is 13.4. The van der Waals surface area contributed by atoms with Crippen molar-refractivity contribution in [3.63, 3.8) is 0 Å². The first-order valence-corrected chi connectivity index (χ1v) is 12.9. The third kappa shape index (κ3) is 4.35. The molecule has 0 radical (unpaired) electrons. The number of rotatable bonds is 8. The Labute approximate surface area is 205 Å². The van der Waals surface area contributed by atoms with Crippen LogP contribution in [0.5, 0.6) is 0 Å². The summed E-state index contributed by atoms with van der Waals surface area (Å²) < 4.78 is 58.0. The SMILES string of the molecule is CCCS(=O)(=O)Nc1ccc(F)c(C(=O)c2c[nH]c3ncc(-c4cnc([N+]5=CCC5)nc4)cc23)c1F. The molecule has 1 aliphatic heterocycles. The van der Waals surface area contributed by atoms with Crippen molar-refractivity contribution in [2.75, 3.05) is 17.0 Å². The van der Waals surface area contributed by atoms with Crippen LogP contribution in [0.4, 0.5) is 20.4 Å². The molecular weight excluding hydrogens is 490 g/mol. The topological polar surface area (TPSA) is 121 Å². The van der Waals surface area contributed by atoms with Crippen molar-refractivity contribution in [2.45, 2.75) is 19.8 Å². The Bertz CT molecular complexity index is 1630. The Hall–Kier alpha value is -4.06. The molecule has 5 rings (SSSR count). The van der Waals surface area contributed by atoms with Crippen molar-refractivity contribution >= 4 is 44.7 Å². The molecule has 36 heavy (non-hydrogen) atoms. The second kappa shape index (κ2) is 9.19. The first-order chi connectivity index (χ1) is 17.3. The molecule has 4 heterocycles. The summed E-state index contributed by atoms with van der Waals surface area (Å²) in [5.74, 6) is -3.01. The maximum atomic E-state index is 15.2. The molecule has 0 aliphatic carbocycles. The first-order valence-electron chi connectivity index (χ1n) is 11.2. The number of benzene rings is 1. The molecule has 0 spiro atoms. The Morgan fingerprint density at radius 3 is 2.53 bits per heavy atom. The zero-order chi connectivity index (χ0) is 25.4. The number of hydrogen-bond donors (Lipinski definition) is 2. The Balaban J connectivity index is 1.52. The van der Waals surface area contributed by atoms with E-state index in [0.717, 1.165) is 25.1 Å². The number of nitrogens with one attached hydrogen (secondary N) is 2. The summed E-state index contributed by atoms with van der Waals surface area (Å²) in [6.07, 6.45) is 9.43. The van der Waals surface area contributed by atoms with E-state index in [2.05, 4.69) is 24.7 Å². The van der Waals surface area contributed by atoms with Gasteiger partial charge in [0, 0.05) is 41.5 Å². The van der Waals surface area contributed by atoms with Crippen LogP contribution < -0.4 is 4.72 Å². The van der Waals surface area contributed by atoms with Crippen LogP contribution in [0.15, 0.2) is 43.0 Å². The smallest absolute Gasteiger partial charge is 0.345 e. The number of aromatic amines is 1. The fourth-order valence-electron chi connectivity index (χ4n) is 3.87. The predicted octanol–water partition coefficient (Wildman–Crippen LogP) is 3.80. The molecule has 184 valence electrons. The summed E-state index contributed by atoms with van der Waals surface area (Å²) in [5.41, 5.74) is 0.226. The van der Waals surface area contributed by atoms with E-state index >= 15 is 4.39 Å². The van der Waals surface area contributed by atoms with Crippen molar-refractivity contribution in [1.29, 1.82) is 0 Å². The maximum Gasteiger partial charge on any atom is 0.432 e. The average molecular weight is 512 g/mol. The Morgan fingerprint density at radius 2 is 1.86 bits per heavy atom. The minimum Gasteiger partial charge on any atom is -0.345 e. The van der Waals surface area contributed by atoms with Gasteiger partial charge in [-0.05, 0) is 24.6 Å². The molecule has 1 aliphatic rings. The van der Waals surface area contributed by atoms with Crippen LogP contribution >= 0.6 is 0 Å². The van der Waals surface area contributed by atoms with Crippen molar-refractivity contribution in [3.05, 3.63) is 65.7 Å². The van der Waals surface area contributed by atoms with E-state index in [4.69, 9.17) is 0 Å². The number of hydrogen-bond acceptors (Lipinski definition) is 6. The quantitative estimate of drug-likeness (QED) is 0.274. The number of sulfonamides is 1. The number of aromatic nitrogens is 4. The van der Waals surface area contributed by atoms with E-state index in [-0.39, 0.29) is 11.3 Å². The van der Waals surface area contributed by atoms with Gasteiger partial charge in [0.25, 0.3) is 0 Å². The zero-order valence-corrected chi connectivity index (χ0v) is 19.9. The van der Waals surface area contributed by atoms with Crippen molar-refractivity contribution in [3.8, 4) is 11.1 Å². The number of fused-ring (bicyclic) bond motifs is 1. The lowest BCUT2D eigenvalue weighted by molar-refractivity contribution is -0.469. The number of carbonyl (C=O) groups excluding carboxylic acids is 1. The minimum absolute atomic E-state index is 0.0153. The number of carbonyl (C=O) groups is 1. The van der Waals surface area contributed by atoms with Gasteiger partial charge in [-0.1, -0.05) is 16.9 Å². The zero-order valence-electron chi connectivity index (χ0n) is 19.1. The molecule has 12 heteroatoms. The van der Waals surface area contributed by atoms with Crippen molar-refractivity contribution in [1.82, 2.24) is 19.9 Å². The highest BCUT2D eigenvalue weighted by Crippen LogP contribution is 2.29. The lowest BCUT2D eigenvalue weighted by Crippen LogP contribution is -2.21. The maximum absolute atomic E-state index is 15.2. The van der Waals surface area contributed by atoms with Crippen LogP contribution in [-0.2, 0) is 10.0 Å². The van der Waals surface area contributed by atoms with Gasteiger partial charge in [0.05, 0.1) is 29.1 Å². The van der Waals surface area contributed by atoms with Gasteiger partial charge in [0.15, 0.2) is 5.82 Å². The van der Waals surface area contributed by atoms with E-state index in [1.165, 1.54) is 6.20 Å². The third-order valence-electron chi connectivity index (χ3n) is 5.78. The lowest BCUT2D eigenvalue weighted by Gasteiger charge is -2.11. The highest BCUT2D eigenvalue weighted by atomic mass is 32.2. The summed E-state index contributed by atoms with van der Waals surface area (Å²) in [6.45, 7) is 2.51. The average Bonchev–Trinajstić information content (AvgIpc) is 3.23. The number of anilines is 1.